The van der Waals surface area contributed by atoms with Crippen LogP contribution in [0.2, 0.25) is 0 Å². The van der Waals surface area contributed by atoms with Crippen LogP contribution in [0.4, 0.5) is 0 Å². The van der Waals surface area contributed by atoms with Gasteiger partial charge in [0.15, 0.2) is 0 Å². The smallest absolute Gasteiger partial charge is 0.327 e. The maximum Gasteiger partial charge on any atom is 0.327 e. The maximum absolute atomic E-state index is 11.1. The minimum absolute atomic E-state index is 0.290. The first-order valence-electron chi connectivity index (χ1n) is 7.52. The first kappa shape index (κ1) is 15.3. The Balaban J connectivity index is 1.77. The van der Waals surface area contributed by atoms with E-state index in [4.69, 9.17) is 5.11 Å². The predicted octanol–water partition coefficient (Wildman–Crippen LogP) is 0.136. The first-order valence-corrected chi connectivity index (χ1v) is 7.52. The second kappa shape index (κ2) is 7.04. The van der Waals surface area contributed by atoms with Crippen molar-refractivity contribution in [3.63, 3.8) is 0 Å². The zero-order valence-electron chi connectivity index (χ0n) is 12.2. The Hall–Kier alpha value is -1.14. The molecule has 0 aromatic carbocycles. The van der Waals surface area contributed by atoms with Gasteiger partial charge in [0.2, 0.25) is 5.91 Å². The lowest BCUT2D eigenvalue weighted by molar-refractivity contribution is -0.142. The molecule has 0 aromatic heterocycles. The Morgan fingerprint density at radius 3 is 2.30 bits per heavy atom. The number of carbonyl (C=O) groups is 2. The Morgan fingerprint density at radius 1 is 1.20 bits per heavy atom. The topological polar surface area (TPSA) is 72.9 Å². The molecule has 0 bridgehead atoms. The van der Waals surface area contributed by atoms with E-state index in [1.807, 2.05) is 0 Å². The van der Waals surface area contributed by atoms with Crippen molar-refractivity contribution < 1.29 is 14.7 Å². The highest BCUT2D eigenvalue weighted by Crippen LogP contribution is 2.24. The highest BCUT2D eigenvalue weighted by molar-refractivity contribution is 5.82. The van der Waals surface area contributed by atoms with Gasteiger partial charge in [0.1, 0.15) is 6.04 Å². The van der Waals surface area contributed by atoms with Crippen LogP contribution in [0, 0.1) is 0 Å². The minimum atomic E-state index is -0.960. The quantitative estimate of drug-likeness (QED) is 0.750. The van der Waals surface area contributed by atoms with Gasteiger partial charge in [0, 0.05) is 45.7 Å². The Kier molecular flexibility index (Phi) is 5.37. The molecule has 1 aliphatic carbocycles. The summed E-state index contributed by atoms with van der Waals surface area (Å²) in [5.41, 5.74) is 0. The van der Waals surface area contributed by atoms with Gasteiger partial charge >= 0.3 is 5.97 Å². The summed E-state index contributed by atoms with van der Waals surface area (Å²) in [6, 6.07) is -0.0618. The monoisotopic (exact) mass is 283 g/mol. The predicted molar refractivity (Wildman–Crippen MR) is 75.5 cm³/mol. The summed E-state index contributed by atoms with van der Waals surface area (Å²) < 4.78 is 0. The SMILES string of the molecule is CC(=O)NC(CN1CCN(C2CCCC2)CC1)C(=O)O. The molecular weight excluding hydrogens is 258 g/mol. The van der Waals surface area contributed by atoms with Crippen LogP contribution in [0.3, 0.4) is 0 Å². The molecule has 6 heteroatoms. The van der Waals surface area contributed by atoms with Crippen LogP contribution < -0.4 is 5.32 Å². The molecule has 20 heavy (non-hydrogen) atoms. The maximum atomic E-state index is 11.1. The van der Waals surface area contributed by atoms with Crippen LogP contribution in [0.1, 0.15) is 32.6 Å². The Bertz CT molecular complexity index is 348. The molecule has 114 valence electrons. The molecule has 0 aromatic rings. The van der Waals surface area contributed by atoms with Gasteiger partial charge < -0.3 is 10.4 Å². The van der Waals surface area contributed by atoms with Crippen LogP contribution in [-0.2, 0) is 9.59 Å². The molecule has 6 nitrogen and oxygen atoms in total. The van der Waals surface area contributed by atoms with E-state index in [0.29, 0.717) is 6.54 Å². The zero-order valence-corrected chi connectivity index (χ0v) is 12.2. The second-order valence-electron chi connectivity index (χ2n) is 5.87. The summed E-state index contributed by atoms with van der Waals surface area (Å²) in [7, 11) is 0. The van der Waals surface area contributed by atoms with Crippen LogP contribution in [0.25, 0.3) is 0 Å². The van der Waals surface area contributed by atoms with E-state index >= 15 is 0 Å². The molecule has 1 heterocycles. The lowest BCUT2D eigenvalue weighted by atomic mass is 10.1. The summed E-state index contributed by atoms with van der Waals surface area (Å²) in [4.78, 5) is 26.8. The standard InChI is InChI=1S/C14H25N3O3/c1-11(18)15-13(14(19)20)10-16-6-8-17(9-7-16)12-4-2-3-5-12/h12-13H,2-10H2,1H3,(H,15,18)(H,19,20). The van der Waals surface area contributed by atoms with Crippen molar-refractivity contribution in [2.75, 3.05) is 32.7 Å². The van der Waals surface area contributed by atoms with Crippen molar-refractivity contribution in [3.05, 3.63) is 0 Å². The summed E-state index contributed by atoms with van der Waals surface area (Å²) in [5.74, 6) is -1.25. The number of rotatable bonds is 5. The summed E-state index contributed by atoms with van der Waals surface area (Å²) in [5, 5.41) is 11.6. The molecule has 1 unspecified atom stereocenters. The van der Waals surface area contributed by atoms with Crippen molar-refractivity contribution >= 4 is 11.9 Å². The second-order valence-corrected chi connectivity index (χ2v) is 5.87. The fourth-order valence-electron chi connectivity index (χ4n) is 3.27. The van der Waals surface area contributed by atoms with E-state index in [2.05, 4.69) is 15.1 Å². The molecule has 1 aliphatic heterocycles. The lowest BCUT2D eigenvalue weighted by Crippen LogP contribution is -2.54. The number of amides is 1. The number of nitrogens with one attached hydrogen (secondary N) is 1. The normalized spacial score (nSPS) is 23.6. The van der Waals surface area contributed by atoms with Gasteiger partial charge in [-0.3, -0.25) is 14.6 Å². The molecule has 2 fully saturated rings. The van der Waals surface area contributed by atoms with Crippen molar-refractivity contribution in [2.24, 2.45) is 0 Å². The minimum Gasteiger partial charge on any atom is -0.480 e. The lowest BCUT2D eigenvalue weighted by Gasteiger charge is -2.38. The number of nitrogens with zero attached hydrogens (tertiary/aromatic N) is 2. The van der Waals surface area contributed by atoms with Crippen molar-refractivity contribution in [3.8, 4) is 0 Å². The Morgan fingerprint density at radius 2 is 1.80 bits per heavy atom. The highest BCUT2D eigenvalue weighted by Gasteiger charge is 2.28. The van der Waals surface area contributed by atoms with Crippen LogP contribution in [0.5, 0.6) is 0 Å². The van der Waals surface area contributed by atoms with E-state index in [0.717, 1.165) is 32.2 Å². The number of piperazine rings is 1. The third kappa shape index (κ3) is 4.18. The largest absolute Gasteiger partial charge is 0.480 e. The number of hydrogen-bond acceptors (Lipinski definition) is 4. The average Bonchev–Trinajstić information content (AvgIpc) is 2.92. The Labute approximate surface area is 120 Å². The molecule has 0 spiro atoms. The molecule has 1 atom stereocenters. The fraction of sp³-hybridized carbons (Fsp3) is 0.857. The van der Waals surface area contributed by atoms with Crippen molar-refractivity contribution in [1.29, 1.82) is 0 Å². The molecule has 0 radical (unpaired) electrons. The van der Waals surface area contributed by atoms with Gasteiger partial charge in [0.25, 0.3) is 0 Å². The van der Waals surface area contributed by atoms with Gasteiger partial charge in [0.05, 0.1) is 0 Å². The molecule has 1 saturated carbocycles. The summed E-state index contributed by atoms with van der Waals surface area (Å²) >= 11 is 0. The van der Waals surface area contributed by atoms with Crippen LogP contribution >= 0.6 is 0 Å². The van der Waals surface area contributed by atoms with E-state index in [9.17, 15) is 9.59 Å². The molecule has 2 aliphatic rings. The third-order valence-corrected chi connectivity index (χ3v) is 4.36. The van der Waals surface area contributed by atoms with Crippen molar-refractivity contribution in [1.82, 2.24) is 15.1 Å². The number of aliphatic carboxylic acids is 1. The van der Waals surface area contributed by atoms with E-state index in [1.54, 1.807) is 0 Å². The van der Waals surface area contributed by atoms with Gasteiger partial charge in [-0.2, -0.15) is 0 Å². The fourth-order valence-corrected chi connectivity index (χ4v) is 3.27. The molecule has 2 N–H and O–H groups in total. The van der Waals surface area contributed by atoms with Crippen LogP contribution in [-0.4, -0.2) is 71.6 Å². The van der Waals surface area contributed by atoms with Gasteiger partial charge in [-0.15, -0.1) is 0 Å². The van der Waals surface area contributed by atoms with Gasteiger partial charge in [-0.25, -0.2) is 4.79 Å². The van der Waals surface area contributed by atoms with E-state index < -0.39 is 12.0 Å². The van der Waals surface area contributed by atoms with E-state index in [1.165, 1.54) is 32.6 Å². The molecule has 1 saturated heterocycles. The third-order valence-electron chi connectivity index (χ3n) is 4.36. The van der Waals surface area contributed by atoms with Crippen LogP contribution in [0.15, 0.2) is 0 Å². The number of carboxylic acids is 1. The van der Waals surface area contributed by atoms with Gasteiger partial charge in [-0.05, 0) is 12.8 Å². The average molecular weight is 283 g/mol. The molecular formula is C14H25N3O3. The zero-order chi connectivity index (χ0) is 14.5. The summed E-state index contributed by atoms with van der Waals surface area (Å²) in [6.07, 6.45) is 5.30. The highest BCUT2D eigenvalue weighted by atomic mass is 16.4. The molecule has 1 amide bonds. The number of hydrogen-bond donors (Lipinski definition) is 2. The summed E-state index contributed by atoms with van der Waals surface area (Å²) in [6.45, 7) is 5.55. The van der Waals surface area contributed by atoms with Gasteiger partial charge in [-0.1, -0.05) is 12.8 Å². The van der Waals surface area contributed by atoms with E-state index in [-0.39, 0.29) is 5.91 Å². The first-order chi connectivity index (χ1) is 9.56. The molecule has 2 rings (SSSR count). The number of carboxylic acid groups (broad SMARTS) is 1. The number of carbonyl (C=O) groups excluding carboxylic acids is 1. The van der Waals surface area contributed by atoms with Crippen molar-refractivity contribution in [2.45, 2.75) is 44.7 Å².